The fraction of sp³-hybridized carbons (Fsp3) is 0.452. The summed E-state index contributed by atoms with van der Waals surface area (Å²) in [4.78, 5) is 29.0. The minimum absolute atomic E-state index is 0.0649. The molecule has 1 unspecified atom stereocenters. The summed E-state index contributed by atoms with van der Waals surface area (Å²) < 4.78 is 11.6. The Kier molecular flexibility index (Phi) is 7.22. The molecule has 7 nitrogen and oxygen atoms in total. The lowest BCUT2D eigenvalue weighted by molar-refractivity contribution is -0.191. The maximum Gasteiger partial charge on any atom is 0.412 e. The largest absolute Gasteiger partial charge is 0.441 e. The molecule has 1 aromatic heterocycles. The Hall–Kier alpha value is -3.70. The highest BCUT2D eigenvalue weighted by Gasteiger charge is 2.53. The number of aromatic nitrogens is 1. The van der Waals surface area contributed by atoms with Gasteiger partial charge < -0.3 is 9.26 Å². The van der Waals surface area contributed by atoms with E-state index in [9.17, 15) is 4.79 Å². The highest BCUT2D eigenvalue weighted by atomic mass is 16.6. The highest BCUT2D eigenvalue weighted by molar-refractivity contribution is 5.86. The summed E-state index contributed by atoms with van der Waals surface area (Å²) in [5, 5.41) is 7.23. The summed E-state index contributed by atoms with van der Waals surface area (Å²) in [6, 6.07) is 19.3. The molecular formula is C31H34N2O5. The van der Waals surface area contributed by atoms with Crippen LogP contribution in [0.5, 0.6) is 0 Å². The smallest absolute Gasteiger partial charge is 0.412 e. The minimum atomic E-state index is -0.470. The van der Waals surface area contributed by atoms with Gasteiger partial charge in [-0.25, -0.2) is 4.79 Å². The van der Waals surface area contributed by atoms with E-state index in [2.05, 4.69) is 34.7 Å². The van der Waals surface area contributed by atoms with Gasteiger partial charge in [-0.05, 0) is 93.2 Å². The molecule has 198 valence electrons. The number of nitrogens with one attached hydrogen (secondary N) is 1. The van der Waals surface area contributed by atoms with Crippen LogP contribution in [0.25, 0.3) is 0 Å². The summed E-state index contributed by atoms with van der Waals surface area (Å²) in [5.74, 6) is 1.63. The number of aryl methyl sites for hydroxylation is 1. The maximum atomic E-state index is 12.8. The zero-order valence-corrected chi connectivity index (χ0v) is 22.0. The maximum absolute atomic E-state index is 12.8. The van der Waals surface area contributed by atoms with Gasteiger partial charge in [0.2, 0.25) is 0 Å². The number of benzene rings is 2. The van der Waals surface area contributed by atoms with E-state index in [1.165, 1.54) is 24.0 Å². The summed E-state index contributed by atoms with van der Waals surface area (Å²) in [7, 11) is 0. The van der Waals surface area contributed by atoms with Crippen molar-refractivity contribution in [1.29, 1.82) is 0 Å². The molecule has 4 aliphatic carbocycles. The van der Waals surface area contributed by atoms with Gasteiger partial charge in [0, 0.05) is 5.41 Å². The van der Waals surface area contributed by atoms with E-state index in [0.717, 1.165) is 55.8 Å². The molecule has 0 spiro atoms. The molecule has 2 aromatic carbocycles. The normalized spacial score (nSPS) is 24.5. The van der Waals surface area contributed by atoms with Crippen molar-refractivity contribution in [3.63, 3.8) is 0 Å². The van der Waals surface area contributed by atoms with Crippen LogP contribution in [-0.4, -0.2) is 17.4 Å². The number of anilines is 1. The molecule has 4 saturated carbocycles. The van der Waals surface area contributed by atoms with Crippen LogP contribution in [0.3, 0.4) is 0 Å². The second-order valence-corrected chi connectivity index (χ2v) is 11.1. The molecule has 1 N–H and O–H groups in total. The first-order valence-corrected chi connectivity index (χ1v) is 13.5. The third-order valence-electron chi connectivity index (χ3n) is 8.94. The molecule has 3 aromatic rings. The fourth-order valence-electron chi connectivity index (χ4n) is 6.45. The van der Waals surface area contributed by atoms with Crippen LogP contribution in [0.15, 0.2) is 59.1 Å². The quantitative estimate of drug-likeness (QED) is 0.376. The van der Waals surface area contributed by atoms with E-state index in [-0.39, 0.29) is 23.1 Å². The number of hydrogen-bond donors (Lipinski definition) is 1. The monoisotopic (exact) mass is 514 g/mol. The number of rotatable bonds is 6. The first-order valence-electron chi connectivity index (χ1n) is 13.5. The number of ether oxygens (including phenoxy) is 1. The van der Waals surface area contributed by atoms with Gasteiger partial charge in [-0.3, -0.25) is 5.32 Å². The SMILES string of the molecule is Cc1noc(C23CCC(c4ccc(C5CC5)cc4)(CC2)CC3)c1NC(=O)OC(C)c1ccccc1.O=C=O. The van der Waals surface area contributed by atoms with Crippen molar-refractivity contribution in [1.82, 2.24) is 5.16 Å². The summed E-state index contributed by atoms with van der Waals surface area (Å²) >= 11 is 0. The van der Waals surface area contributed by atoms with Crippen LogP contribution in [0.1, 0.15) is 98.5 Å². The van der Waals surface area contributed by atoms with Crippen molar-refractivity contribution in [2.75, 3.05) is 5.32 Å². The average Bonchev–Trinajstić information content (AvgIpc) is 3.74. The van der Waals surface area contributed by atoms with Gasteiger partial charge in [0.1, 0.15) is 17.5 Å². The average molecular weight is 515 g/mol. The molecule has 7 heteroatoms. The molecule has 4 fully saturated rings. The Morgan fingerprint density at radius 1 is 0.974 bits per heavy atom. The molecule has 1 amide bonds. The third-order valence-corrected chi connectivity index (χ3v) is 8.94. The van der Waals surface area contributed by atoms with Crippen LogP contribution in [-0.2, 0) is 25.2 Å². The van der Waals surface area contributed by atoms with Gasteiger partial charge in [0.25, 0.3) is 0 Å². The van der Waals surface area contributed by atoms with Crippen molar-refractivity contribution in [3.05, 3.63) is 82.7 Å². The summed E-state index contributed by atoms with van der Waals surface area (Å²) in [5.41, 5.74) is 5.58. The van der Waals surface area contributed by atoms with Crippen molar-refractivity contribution in [3.8, 4) is 0 Å². The van der Waals surface area contributed by atoms with Crippen molar-refractivity contribution < 1.29 is 23.6 Å². The second kappa shape index (κ2) is 10.6. The molecular weight excluding hydrogens is 480 g/mol. The van der Waals surface area contributed by atoms with Gasteiger partial charge in [0.15, 0.2) is 5.76 Å². The molecule has 0 saturated heterocycles. The number of nitrogens with zero attached hydrogens (tertiary/aromatic N) is 1. The lowest BCUT2D eigenvalue weighted by Crippen LogP contribution is -2.46. The Morgan fingerprint density at radius 3 is 2.13 bits per heavy atom. The van der Waals surface area contributed by atoms with E-state index in [4.69, 9.17) is 18.8 Å². The van der Waals surface area contributed by atoms with Crippen molar-refractivity contribution in [2.24, 2.45) is 0 Å². The number of carbonyl (C=O) groups excluding carboxylic acids is 3. The van der Waals surface area contributed by atoms with E-state index >= 15 is 0 Å². The van der Waals surface area contributed by atoms with Crippen LogP contribution in [0.2, 0.25) is 0 Å². The fourth-order valence-corrected chi connectivity index (χ4v) is 6.45. The zero-order chi connectivity index (χ0) is 26.8. The van der Waals surface area contributed by atoms with Gasteiger partial charge in [-0.2, -0.15) is 9.59 Å². The summed E-state index contributed by atoms with van der Waals surface area (Å²) in [6.07, 6.45) is 8.72. The van der Waals surface area contributed by atoms with Crippen LogP contribution in [0.4, 0.5) is 10.5 Å². The van der Waals surface area contributed by atoms with Crippen LogP contribution < -0.4 is 5.32 Å². The van der Waals surface area contributed by atoms with Gasteiger partial charge in [0.05, 0.1) is 0 Å². The summed E-state index contributed by atoms with van der Waals surface area (Å²) in [6.45, 7) is 3.77. The third kappa shape index (κ3) is 5.03. The zero-order valence-electron chi connectivity index (χ0n) is 22.0. The lowest BCUT2D eigenvalue weighted by atomic mass is 9.51. The highest BCUT2D eigenvalue weighted by Crippen LogP contribution is 2.60. The molecule has 7 rings (SSSR count). The van der Waals surface area contributed by atoms with Crippen molar-refractivity contribution in [2.45, 2.75) is 88.1 Å². The predicted molar refractivity (Wildman–Crippen MR) is 141 cm³/mol. The van der Waals surface area contributed by atoms with Gasteiger partial charge >= 0.3 is 12.2 Å². The Labute approximate surface area is 222 Å². The Bertz CT molecular complexity index is 1280. The molecule has 1 atom stereocenters. The predicted octanol–water partition coefficient (Wildman–Crippen LogP) is 7.13. The lowest BCUT2D eigenvalue weighted by Gasteiger charge is -2.53. The van der Waals surface area contributed by atoms with Crippen LogP contribution in [0, 0.1) is 6.92 Å². The standard InChI is InChI=1S/C30H34N2O3.CO2/c1-20-26(31-28(33)34-21(2)22-6-4-3-5-7-22)27(35-32-20)30-17-14-29(15-18-30,16-19-30)25-12-10-24(11-13-25)23-8-9-23;2-1-3/h3-7,10-13,21,23H,8-9,14-19H2,1-2H3,(H,31,33);. The topological polar surface area (TPSA) is 98.5 Å². The molecule has 38 heavy (non-hydrogen) atoms. The van der Waals surface area contributed by atoms with Crippen LogP contribution >= 0.6 is 0 Å². The molecule has 2 bridgehead atoms. The number of amides is 1. The van der Waals surface area contributed by atoms with E-state index in [0.29, 0.717) is 11.4 Å². The second-order valence-electron chi connectivity index (χ2n) is 11.1. The Morgan fingerprint density at radius 2 is 1.55 bits per heavy atom. The van der Waals surface area contributed by atoms with Crippen molar-refractivity contribution >= 4 is 17.9 Å². The first-order chi connectivity index (χ1) is 18.4. The Balaban J connectivity index is 0.000000937. The first kappa shape index (κ1) is 25.9. The molecule has 0 aliphatic heterocycles. The number of carbonyl (C=O) groups is 1. The minimum Gasteiger partial charge on any atom is -0.441 e. The molecule has 1 heterocycles. The number of fused-ring (bicyclic) bond motifs is 3. The van der Waals surface area contributed by atoms with Gasteiger partial charge in [-0.15, -0.1) is 0 Å². The van der Waals surface area contributed by atoms with E-state index in [1.54, 1.807) is 0 Å². The van der Waals surface area contributed by atoms with E-state index in [1.807, 2.05) is 44.2 Å². The van der Waals surface area contributed by atoms with E-state index < -0.39 is 6.09 Å². The number of hydrogen-bond acceptors (Lipinski definition) is 6. The molecule has 0 radical (unpaired) electrons. The van der Waals surface area contributed by atoms with Gasteiger partial charge in [-0.1, -0.05) is 59.8 Å². The molecule has 4 aliphatic rings.